The summed E-state index contributed by atoms with van der Waals surface area (Å²) in [5.41, 5.74) is 2.46. The van der Waals surface area contributed by atoms with Crippen LogP contribution in [0.1, 0.15) is 34.6 Å². The maximum Gasteiger partial charge on any atom is 0.490 e. The van der Waals surface area contributed by atoms with E-state index < -0.39 is 12.1 Å². The van der Waals surface area contributed by atoms with Crippen LogP contribution in [0.25, 0.3) is 11.4 Å². The van der Waals surface area contributed by atoms with Crippen molar-refractivity contribution in [3.05, 3.63) is 71.3 Å². The number of alkyl halides is 3. The van der Waals surface area contributed by atoms with Crippen LogP contribution in [-0.2, 0) is 16.9 Å². The molecule has 1 N–H and O–H groups in total. The number of aryl methyl sites for hydroxylation is 1. The average Bonchev–Trinajstić information content (AvgIpc) is 3.29. The van der Waals surface area contributed by atoms with Gasteiger partial charge >= 0.3 is 12.1 Å². The second-order valence-electron chi connectivity index (χ2n) is 9.59. The number of likely N-dealkylation sites (N-methyl/N-ethyl adjacent to an activating group) is 1. The van der Waals surface area contributed by atoms with Gasteiger partial charge in [-0.05, 0) is 62.7 Å². The van der Waals surface area contributed by atoms with Crippen LogP contribution in [0.5, 0.6) is 0 Å². The van der Waals surface area contributed by atoms with E-state index in [1.165, 1.54) is 12.1 Å². The van der Waals surface area contributed by atoms with Crippen molar-refractivity contribution in [1.29, 1.82) is 0 Å². The number of carbonyl (C=O) groups excluding carboxylic acids is 1. The smallest absolute Gasteiger partial charge is 0.475 e. The minimum atomic E-state index is -5.08. The monoisotopic (exact) mass is 533 g/mol. The molecule has 8 nitrogen and oxygen atoms in total. The first-order chi connectivity index (χ1) is 17.9. The third kappa shape index (κ3) is 5.54. The molecule has 38 heavy (non-hydrogen) atoms. The van der Waals surface area contributed by atoms with Crippen molar-refractivity contribution < 1.29 is 32.3 Å². The average molecular weight is 534 g/mol. The molecular formula is C26H27F4N5O3. The van der Waals surface area contributed by atoms with Crippen LogP contribution in [0.4, 0.5) is 17.6 Å². The van der Waals surface area contributed by atoms with Gasteiger partial charge in [0.2, 0.25) is 0 Å². The third-order valence-corrected chi connectivity index (χ3v) is 6.88. The first-order valence-corrected chi connectivity index (χ1v) is 12.0. The molecular weight excluding hydrogens is 506 g/mol. The van der Waals surface area contributed by atoms with Crippen molar-refractivity contribution in [3.8, 4) is 11.4 Å². The lowest BCUT2D eigenvalue weighted by molar-refractivity contribution is -0.192. The number of carbonyl (C=O) groups is 2. The number of rotatable bonds is 2. The normalized spacial score (nSPS) is 16.9. The SMILES string of the molecule is Cc1ccccc1C(=O)N1CCC2(CC1)CN(C)Cc1nnc(-c3ccc(F)cc3)n12.O=C(O)C(F)(F)F. The number of carboxylic acids is 1. The number of amides is 1. The fraction of sp³-hybridized carbons (Fsp3) is 0.385. The largest absolute Gasteiger partial charge is 0.490 e. The topological polar surface area (TPSA) is 91.6 Å². The molecule has 1 spiro atoms. The zero-order valence-electron chi connectivity index (χ0n) is 20.9. The summed E-state index contributed by atoms with van der Waals surface area (Å²) in [5.74, 6) is -1.22. The van der Waals surface area contributed by atoms with E-state index in [2.05, 4.69) is 26.7 Å². The number of carboxylic acid groups (broad SMARTS) is 1. The fourth-order valence-corrected chi connectivity index (χ4v) is 5.06. The number of halogens is 4. The Morgan fingerprint density at radius 3 is 2.18 bits per heavy atom. The Balaban J connectivity index is 0.000000426. The zero-order chi connectivity index (χ0) is 27.7. The maximum atomic E-state index is 13.5. The summed E-state index contributed by atoms with van der Waals surface area (Å²) < 4.78 is 47.5. The van der Waals surface area contributed by atoms with Crippen LogP contribution in [0.15, 0.2) is 48.5 Å². The van der Waals surface area contributed by atoms with Crippen LogP contribution in [-0.4, -0.2) is 74.4 Å². The van der Waals surface area contributed by atoms with E-state index in [-0.39, 0.29) is 17.3 Å². The second-order valence-corrected chi connectivity index (χ2v) is 9.59. The minimum absolute atomic E-state index is 0.0971. The molecule has 3 aromatic rings. The van der Waals surface area contributed by atoms with Crippen LogP contribution in [0.2, 0.25) is 0 Å². The standard InChI is InChI=1S/C24H26FN5O.C2HF3O2/c1-17-5-3-4-6-20(17)23(31)29-13-11-24(12-14-29)16-28(2)15-21-26-27-22(30(21)24)18-7-9-19(25)10-8-18;3-2(4,5)1(6)7/h3-10H,11-16H2,1-2H3;(H,6,7). The lowest BCUT2D eigenvalue weighted by atomic mass is 9.84. The molecule has 1 saturated heterocycles. The van der Waals surface area contributed by atoms with Crippen LogP contribution >= 0.6 is 0 Å². The van der Waals surface area contributed by atoms with Gasteiger partial charge in [0.25, 0.3) is 5.91 Å². The van der Waals surface area contributed by atoms with Crippen LogP contribution < -0.4 is 0 Å². The number of aliphatic carboxylic acids is 1. The third-order valence-electron chi connectivity index (χ3n) is 6.88. The van der Waals surface area contributed by atoms with E-state index in [9.17, 15) is 22.4 Å². The molecule has 5 rings (SSSR count). The number of fused-ring (bicyclic) bond motifs is 2. The summed E-state index contributed by atoms with van der Waals surface area (Å²) in [6, 6.07) is 14.2. The Kier molecular flexibility index (Phi) is 7.54. The molecule has 0 unspecified atom stereocenters. The number of benzene rings is 2. The van der Waals surface area contributed by atoms with Gasteiger partial charge in [0.05, 0.1) is 12.1 Å². The second kappa shape index (κ2) is 10.5. The molecule has 202 valence electrons. The molecule has 0 atom stereocenters. The molecule has 2 aromatic carbocycles. The Morgan fingerprint density at radius 2 is 1.61 bits per heavy atom. The van der Waals surface area contributed by atoms with E-state index in [1.54, 1.807) is 12.1 Å². The summed E-state index contributed by atoms with van der Waals surface area (Å²) in [5, 5.41) is 16.1. The van der Waals surface area contributed by atoms with E-state index in [1.807, 2.05) is 36.1 Å². The predicted molar refractivity (Wildman–Crippen MR) is 130 cm³/mol. The molecule has 1 fully saturated rings. The van der Waals surface area contributed by atoms with Crippen molar-refractivity contribution in [2.24, 2.45) is 0 Å². The van der Waals surface area contributed by atoms with Crippen molar-refractivity contribution in [1.82, 2.24) is 24.6 Å². The van der Waals surface area contributed by atoms with Gasteiger partial charge < -0.3 is 14.6 Å². The van der Waals surface area contributed by atoms with Crippen LogP contribution in [0.3, 0.4) is 0 Å². The van der Waals surface area contributed by atoms with Gasteiger partial charge in [-0.3, -0.25) is 9.69 Å². The van der Waals surface area contributed by atoms with E-state index in [0.29, 0.717) is 13.1 Å². The van der Waals surface area contributed by atoms with E-state index in [0.717, 1.165) is 54.3 Å². The Labute approximate surface area is 216 Å². The molecule has 0 saturated carbocycles. The summed E-state index contributed by atoms with van der Waals surface area (Å²) in [6.07, 6.45) is -3.43. The summed E-state index contributed by atoms with van der Waals surface area (Å²) in [4.78, 5) is 26.3. The highest BCUT2D eigenvalue weighted by molar-refractivity contribution is 5.95. The van der Waals surface area contributed by atoms with Gasteiger partial charge in [0.1, 0.15) is 11.6 Å². The van der Waals surface area contributed by atoms with Gasteiger partial charge in [0, 0.05) is 30.8 Å². The van der Waals surface area contributed by atoms with Gasteiger partial charge in [-0.1, -0.05) is 18.2 Å². The van der Waals surface area contributed by atoms with E-state index >= 15 is 0 Å². The van der Waals surface area contributed by atoms with Crippen molar-refractivity contribution in [2.45, 2.75) is 38.0 Å². The van der Waals surface area contributed by atoms with Gasteiger partial charge in [-0.15, -0.1) is 10.2 Å². The Hall–Kier alpha value is -3.80. The molecule has 0 radical (unpaired) electrons. The number of hydrogen-bond donors (Lipinski definition) is 1. The lowest BCUT2D eigenvalue weighted by Gasteiger charge is -2.48. The number of aromatic nitrogens is 3. The molecule has 2 aliphatic rings. The first-order valence-electron chi connectivity index (χ1n) is 12.0. The lowest BCUT2D eigenvalue weighted by Crippen LogP contribution is -2.56. The number of nitrogens with zero attached hydrogens (tertiary/aromatic N) is 5. The predicted octanol–water partition coefficient (Wildman–Crippen LogP) is 4.10. The Morgan fingerprint density at radius 1 is 1.00 bits per heavy atom. The summed E-state index contributed by atoms with van der Waals surface area (Å²) in [7, 11) is 2.10. The highest BCUT2D eigenvalue weighted by Gasteiger charge is 2.44. The molecule has 12 heteroatoms. The van der Waals surface area contributed by atoms with Crippen molar-refractivity contribution in [3.63, 3.8) is 0 Å². The molecule has 0 aliphatic carbocycles. The molecule has 2 aliphatic heterocycles. The fourth-order valence-electron chi connectivity index (χ4n) is 5.06. The van der Waals surface area contributed by atoms with Gasteiger partial charge in [0.15, 0.2) is 5.82 Å². The summed E-state index contributed by atoms with van der Waals surface area (Å²) in [6.45, 7) is 4.94. The molecule has 3 heterocycles. The Bertz CT molecular complexity index is 1320. The number of likely N-dealkylation sites (tertiary alicyclic amines) is 1. The quantitative estimate of drug-likeness (QED) is 0.499. The van der Waals surface area contributed by atoms with Crippen molar-refractivity contribution in [2.75, 3.05) is 26.7 Å². The van der Waals surface area contributed by atoms with E-state index in [4.69, 9.17) is 9.90 Å². The number of piperidine rings is 1. The highest BCUT2D eigenvalue weighted by Crippen LogP contribution is 2.39. The first kappa shape index (κ1) is 27.2. The number of hydrogen-bond acceptors (Lipinski definition) is 5. The molecule has 1 aromatic heterocycles. The summed E-state index contributed by atoms with van der Waals surface area (Å²) >= 11 is 0. The van der Waals surface area contributed by atoms with Crippen LogP contribution in [0, 0.1) is 12.7 Å². The zero-order valence-corrected chi connectivity index (χ0v) is 20.9. The van der Waals surface area contributed by atoms with Gasteiger partial charge in [-0.25, -0.2) is 9.18 Å². The molecule has 0 bridgehead atoms. The van der Waals surface area contributed by atoms with Crippen molar-refractivity contribution >= 4 is 11.9 Å². The molecule has 1 amide bonds. The maximum absolute atomic E-state index is 13.5. The minimum Gasteiger partial charge on any atom is -0.475 e. The van der Waals surface area contributed by atoms with Gasteiger partial charge in [-0.2, -0.15) is 13.2 Å². The highest BCUT2D eigenvalue weighted by atomic mass is 19.4.